The van der Waals surface area contributed by atoms with Crippen LogP contribution in [-0.2, 0) is 14.8 Å². The summed E-state index contributed by atoms with van der Waals surface area (Å²) in [5.74, 6) is -0.926. The minimum atomic E-state index is -4.08. The molecule has 0 saturated carbocycles. The topological polar surface area (TPSA) is 92.3 Å². The van der Waals surface area contributed by atoms with Crippen molar-refractivity contribution in [3.8, 4) is 0 Å². The van der Waals surface area contributed by atoms with Crippen LogP contribution >= 0.6 is 31.9 Å². The van der Waals surface area contributed by atoms with E-state index in [4.69, 9.17) is 0 Å². The van der Waals surface area contributed by atoms with E-state index < -0.39 is 37.5 Å². The zero-order chi connectivity index (χ0) is 24.0. The Balaban J connectivity index is 2.09. The highest BCUT2D eigenvalue weighted by Crippen LogP contribution is 2.24. The van der Waals surface area contributed by atoms with Crippen molar-refractivity contribution < 1.29 is 18.0 Å². The molecule has 0 radical (unpaired) electrons. The molecule has 3 rings (SSSR count). The first-order chi connectivity index (χ1) is 15.7. The Morgan fingerprint density at radius 2 is 1.36 bits per heavy atom. The van der Waals surface area contributed by atoms with Gasteiger partial charge in [-0.05, 0) is 24.6 Å². The Morgan fingerprint density at radius 1 is 0.818 bits per heavy atom. The van der Waals surface area contributed by atoms with E-state index in [0.29, 0.717) is 11.1 Å². The van der Waals surface area contributed by atoms with Crippen LogP contribution in [0.5, 0.6) is 0 Å². The van der Waals surface area contributed by atoms with Gasteiger partial charge in [0, 0.05) is 5.56 Å². The predicted octanol–water partition coefficient (Wildman–Crippen LogP) is 4.50. The maximum absolute atomic E-state index is 13.6. The lowest BCUT2D eigenvalue weighted by atomic mass is 9.93. The minimum absolute atomic E-state index is 0.0240. The zero-order valence-corrected chi connectivity index (χ0v) is 21.6. The summed E-state index contributed by atoms with van der Waals surface area (Å²) in [6.45, 7) is 1.85. The molecule has 0 aliphatic carbocycles. The minimum Gasteiger partial charge on any atom is -0.345 e. The molecule has 0 spiro atoms. The molecule has 3 aromatic carbocycles. The fourth-order valence-corrected chi connectivity index (χ4v) is 4.72. The Labute approximate surface area is 210 Å². The first-order valence-corrected chi connectivity index (χ1v) is 13.3. The van der Waals surface area contributed by atoms with Crippen molar-refractivity contribution in [2.75, 3.05) is 0 Å². The van der Waals surface area contributed by atoms with Crippen LogP contribution in [0.1, 0.15) is 27.5 Å². The van der Waals surface area contributed by atoms with Crippen LogP contribution < -0.4 is 10.0 Å². The highest BCUT2D eigenvalue weighted by Gasteiger charge is 2.36. The second-order valence-corrected chi connectivity index (χ2v) is 12.1. The number of nitrogens with one attached hydrogen (secondary N) is 2. The number of Topliss-reactive ketones (excluding diaryl/α,β-unsaturated/α-hetero) is 1. The number of amides is 1. The predicted molar refractivity (Wildman–Crippen MR) is 135 cm³/mol. The summed E-state index contributed by atoms with van der Waals surface area (Å²) in [7, 11) is -4.08. The van der Waals surface area contributed by atoms with Crippen molar-refractivity contribution in [3.05, 3.63) is 102 Å². The molecule has 6 nitrogen and oxygen atoms in total. The number of hydrogen-bond acceptors (Lipinski definition) is 4. The molecule has 0 heterocycles. The van der Waals surface area contributed by atoms with Crippen molar-refractivity contribution in [2.45, 2.75) is 27.6 Å². The Morgan fingerprint density at radius 3 is 1.91 bits per heavy atom. The van der Waals surface area contributed by atoms with Crippen LogP contribution in [-0.4, -0.2) is 29.9 Å². The van der Waals surface area contributed by atoms with E-state index >= 15 is 0 Å². The molecular formula is C24H22Br2N2O4S. The third kappa shape index (κ3) is 6.60. The van der Waals surface area contributed by atoms with Gasteiger partial charge in [0.1, 0.15) is 9.78 Å². The molecule has 2 N–H and O–H groups in total. The zero-order valence-electron chi connectivity index (χ0n) is 17.6. The number of aryl methyl sites for hydroxylation is 1. The Bertz CT molecular complexity index is 1200. The Hall–Kier alpha value is -2.33. The van der Waals surface area contributed by atoms with Gasteiger partial charge in [-0.3, -0.25) is 9.59 Å². The van der Waals surface area contributed by atoms with Gasteiger partial charge in [-0.15, -0.1) is 0 Å². The van der Waals surface area contributed by atoms with Crippen LogP contribution in [0.4, 0.5) is 0 Å². The monoisotopic (exact) mass is 592 g/mol. The largest absolute Gasteiger partial charge is 0.345 e. The lowest BCUT2D eigenvalue weighted by Gasteiger charge is -2.28. The number of benzene rings is 3. The average Bonchev–Trinajstić information content (AvgIpc) is 2.82. The van der Waals surface area contributed by atoms with Gasteiger partial charge in [-0.25, -0.2) is 8.42 Å². The van der Waals surface area contributed by atoms with Gasteiger partial charge in [0.15, 0.2) is 5.78 Å². The van der Waals surface area contributed by atoms with Gasteiger partial charge in [0.05, 0.1) is 10.9 Å². The molecule has 33 heavy (non-hydrogen) atoms. The average molecular weight is 594 g/mol. The summed E-state index contributed by atoms with van der Waals surface area (Å²) in [6, 6.07) is 21.2. The molecule has 0 unspecified atom stereocenters. The number of halogens is 2. The number of rotatable bonds is 9. The van der Waals surface area contributed by atoms with Gasteiger partial charge in [-0.2, -0.15) is 4.72 Å². The lowest BCUT2D eigenvalue weighted by Crippen LogP contribution is -2.51. The third-order valence-corrected chi connectivity index (χ3v) is 7.23. The maximum atomic E-state index is 13.6. The van der Waals surface area contributed by atoms with Gasteiger partial charge in [0.2, 0.25) is 15.9 Å². The molecular weight excluding hydrogens is 572 g/mol. The van der Waals surface area contributed by atoms with Crippen molar-refractivity contribution >= 4 is 53.6 Å². The molecule has 2 atom stereocenters. The standard InChI is InChI=1S/C24H22Br2N2O4S/c1-16-12-14-19(15-13-16)33(31,32)28-21(22(29)18-10-6-3-7-11-18)20(27-24(30)23(25)26)17-8-4-2-5-9-17/h2-15,20-21,23,28H,1H3,(H,27,30)/t20-,21-/m0/s1. The van der Waals surface area contributed by atoms with E-state index in [1.54, 1.807) is 72.8 Å². The highest BCUT2D eigenvalue weighted by atomic mass is 79.9. The lowest BCUT2D eigenvalue weighted by molar-refractivity contribution is -0.119. The highest BCUT2D eigenvalue weighted by molar-refractivity contribution is 9.25. The summed E-state index contributed by atoms with van der Waals surface area (Å²) in [6.07, 6.45) is 0. The van der Waals surface area contributed by atoms with Crippen LogP contribution in [0.25, 0.3) is 0 Å². The van der Waals surface area contributed by atoms with Crippen LogP contribution in [0.2, 0.25) is 0 Å². The van der Waals surface area contributed by atoms with Gasteiger partial charge >= 0.3 is 0 Å². The summed E-state index contributed by atoms with van der Waals surface area (Å²) in [4.78, 5) is 26.2. The Kier molecular flexibility index (Phi) is 8.58. The van der Waals surface area contributed by atoms with E-state index in [9.17, 15) is 18.0 Å². The van der Waals surface area contributed by atoms with Crippen LogP contribution in [0.3, 0.4) is 0 Å². The fourth-order valence-electron chi connectivity index (χ4n) is 3.24. The van der Waals surface area contributed by atoms with Gasteiger partial charge < -0.3 is 5.32 Å². The first-order valence-electron chi connectivity index (χ1n) is 10.0. The number of carbonyl (C=O) groups is 2. The molecule has 0 bridgehead atoms. The van der Waals surface area contributed by atoms with Crippen molar-refractivity contribution in [2.24, 2.45) is 0 Å². The smallest absolute Gasteiger partial charge is 0.245 e. The van der Waals surface area contributed by atoms with E-state index in [0.717, 1.165) is 5.56 Å². The molecule has 0 aliphatic rings. The van der Waals surface area contributed by atoms with E-state index in [1.807, 2.05) is 6.92 Å². The number of hydrogen-bond donors (Lipinski definition) is 2. The molecule has 1 amide bonds. The van der Waals surface area contributed by atoms with E-state index in [1.165, 1.54) is 12.1 Å². The maximum Gasteiger partial charge on any atom is 0.245 e. The number of carbonyl (C=O) groups excluding carboxylic acids is 2. The SMILES string of the molecule is Cc1ccc(S(=O)(=O)N[C@H](C(=O)c2ccccc2)[C@@H](NC(=O)C(Br)Br)c2ccccc2)cc1. The molecule has 172 valence electrons. The normalized spacial score (nSPS) is 13.3. The molecule has 0 fully saturated rings. The number of sulfonamides is 1. The molecule has 0 aliphatic heterocycles. The van der Waals surface area contributed by atoms with Crippen molar-refractivity contribution in [1.29, 1.82) is 0 Å². The third-order valence-electron chi connectivity index (χ3n) is 4.94. The summed E-state index contributed by atoms with van der Waals surface area (Å²) in [5.41, 5.74) is 1.80. The molecule has 0 aromatic heterocycles. The quantitative estimate of drug-likeness (QED) is 0.282. The number of ketones is 1. The van der Waals surface area contributed by atoms with Crippen LogP contribution in [0, 0.1) is 6.92 Å². The summed E-state index contributed by atoms with van der Waals surface area (Å²) < 4.78 is 28.3. The fraction of sp³-hybridized carbons (Fsp3) is 0.167. The van der Waals surface area contributed by atoms with Crippen molar-refractivity contribution in [1.82, 2.24) is 10.0 Å². The van der Waals surface area contributed by atoms with Crippen LogP contribution in [0.15, 0.2) is 89.8 Å². The van der Waals surface area contributed by atoms with Gasteiger partial charge in [-0.1, -0.05) is 110 Å². The second kappa shape index (κ2) is 11.2. The molecule has 9 heteroatoms. The summed E-state index contributed by atoms with van der Waals surface area (Å²) >= 11 is 6.32. The molecule has 0 saturated heterocycles. The molecule has 3 aromatic rings. The second-order valence-electron chi connectivity index (χ2n) is 7.34. The van der Waals surface area contributed by atoms with Gasteiger partial charge in [0.25, 0.3) is 0 Å². The van der Waals surface area contributed by atoms with Crippen molar-refractivity contribution in [3.63, 3.8) is 0 Å². The summed E-state index contributed by atoms with van der Waals surface area (Å²) in [5, 5.41) is 2.79. The first kappa shape index (κ1) is 25.3. The number of alkyl halides is 2. The van der Waals surface area contributed by atoms with E-state index in [-0.39, 0.29) is 4.90 Å². The van der Waals surface area contributed by atoms with E-state index in [2.05, 4.69) is 41.9 Å².